The van der Waals surface area contributed by atoms with Crippen LogP contribution < -0.4 is 5.32 Å². The summed E-state index contributed by atoms with van der Waals surface area (Å²) in [7, 11) is 0. The van der Waals surface area contributed by atoms with Crippen molar-refractivity contribution < 1.29 is 0 Å². The Labute approximate surface area is 41.2 Å². The zero-order chi connectivity index (χ0) is 4.41. The summed E-state index contributed by atoms with van der Waals surface area (Å²) in [5.41, 5.74) is -0.287. The monoisotopic (exact) mass is 103 g/mol. The highest BCUT2D eigenvalue weighted by Crippen LogP contribution is 1.96. The highest BCUT2D eigenvalue weighted by Gasteiger charge is 2.02. The molecule has 1 heterocycles. The number of alkyl halides is 1. The summed E-state index contributed by atoms with van der Waals surface area (Å²) in [5.74, 6) is 0. The van der Waals surface area contributed by atoms with Crippen LogP contribution >= 0.6 is 11.6 Å². The Kier molecular flexibility index (Phi) is 1.08. The van der Waals surface area contributed by atoms with Crippen LogP contribution in [0.2, 0.25) is 0 Å². The second-order valence-electron chi connectivity index (χ2n) is 1.01. The number of nitrogens with zero attached hydrogens (tertiary/aromatic N) is 2. The Bertz CT molecular complexity index is 71.2. The topological polar surface area (TPSA) is 26.5 Å². The molecule has 1 unspecified atom stereocenters. The first-order chi connectivity index (χ1) is 2.89. The summed E-state index contributed by atoms with van der Waals surface area (Å²) in [6.45, 7) is 0.689. The number of aliphatic imine (C=N–C) groups is 1. The lowest BCUT2D eigenvalue weighted by atomic mass is 10.8. The quantitative estimate of drug-likeness (QED) is 0.309. The third kappa shape index (κ3) is 0.698. The first-order valence-electron chi connectivity index (χ1n) is 1.72. The van der Waals surface area contributed by atoms with E-state index in [1.807, 2.05) is 0 Å². The second kappa shape index (κ2) is 1.58. The van der Waals surface area contributed by atoms with Gasteiger partial charge in [-0.2, -0.15) is 5.32 Å². The molecule has 0 aromatic carbocycles. The molecule has 0 saturated carbocycles. The molecule has 33 valence electrons. The van der Waals surface area contributed by atoms with Gasteiger partial charge in [-0.05, 0) is 0 Å². The molecule has 6 heavy (non-hydrogen) atoms. The molecule has 1 rings (SSSR count). The molecule has 2 nitrogen and oxygen atoms in total. The zero-order valence-electron chi connectivity index (χ0n) is 3.13. The standard InChI is InChI=1S/C3H4ClN2/c4-3-5-1-2-6-3/h1,3H,2H2. The van der Waals surface area contributed by atoms with Gasteiger partial charge < -0.3 is 0 Å². The Morgan fingerprint density at radius 1 is 1.83 bits per heavy atom. The van der Waals surface area contributed by atoms with Crippen molar-refractivity contribution in [3.63, 3.8) is 0 Å². The maximum Gasteiger partial charge on any atom is 0.190 e. The third-order valence-electron chi connectivity index (χ3n) is 0.566. The molecule has 0 amide bonds. The van der Waals surface area contributed by atoms with Gasteiger partial charge in [0, 0.05) is 6.21 Å². The van der Waals surface area contributed by atoms with Crippen LogP contribution in [0.5, 0.6) is 0 Å². The van der Waals surface area contributed by atoms with E-state index in [1.165, 1.54) is 0 Å². The SMILES string of the molecule is ClC1[N]CC=N1. The first kappa shape index (κ1) is 4.09. The van der Waals surface area contributed by atoms with Crippen molar-refractivity contribution in [3.05, 3.63) is 0 Å². The van der Waals surface area contributed by atoms with Gasteiger partial charge in [0.1, 0.15) is 0 Å². The molecular formula is C3H4ClN2. The van der Waals surface area contributed by atoms with E-state index in [4.69, 9.17) is 11.6 Å². The summed E-state index contributed by atoms with van der Waals surface area (Å²) in [6.07, 6.45) is 1.71. The highest BCUT2D eigenvalue weighted by molar-refractivity contribution is 6.20. The number of hydrogen-bond donors (Lipinski definition) is 0. The number of rotatable bonds is 0. The van der Waals surface area contributed by atoms with E-state index < -0.39 is 0 Å². The van der Waals surface area contributed by atoms with E-state index in [2.05, 4.69) is 10.3 Å². The predicted octanol–water partition coefficient (Wildman–Crippen LogP) is 0.198. The summed E-state index contributed by atoms with van der Waals surface area (Å²) >= 11 is 5.35. The van der Waals surface area contributed by atoms with Gasteiger partial charge in [-0.3, -0.25) is 4.99 Å². The molecule has 1 aliphatic heterocycles. The minimum absolute atomic E-state index is 0.287. The predicted molar refractivity (Wildman–Crippen MR) is 25.1 cm³/mol. The Balaban J connectivity index is 2.38. The molecule has 1 aliphatic rings. The summed E-state index contributed by atoms with van der Waals surface area (Å²) in [6, 6.07) is 0. The van der Waals surface area contributed by atoms with E-state index in [-0.39, 0.29) is 5.62 Å². The van der Waals surface area contributed by atoms with Crippen molar-refractivity contribution in [3.8, 4) is 0 Å². The van der Waals surface area contributed by atoms with Gasteiger partial charge in [0.25, 0.3) is 0 Å². The van der Waals surface area contributed by atoms with E-state index in [9.17, 15) is 0 Å². The Hall–Kier alpha value is -0.0800. The van der Waals surface area contributed by atoms with Gasteiger partial charge in [0.2, 0.25) is 0 Å². The molecule has 0 N–H and O–H groups in total. The molecule has 0 fully saturated rings. The Morgan fingerprint density at radius 3 is 2.83 bits per heavy atom. The minimum atomic E-state index is -0.287. The lowest BCUT2D eigenvalue weighted by Crippen LogP contribution is -2.05. The van der Waals surface area contributed by atoms with E-state index in [0.717, 1.165) is 0 Å². The van der Waals surface area contributed by atoms with Gasteiger partial charge >= 0.3 is 0 Å². The van der Waals surface area contributed by atoms with E-state index in [0.29, 0.717) is 6.54 Å². The smallest absolute Gasteiger partial charge is 0.190 e. The summed E-state index contributed by atoms with van der Waals surface area (Å²) in [4.78, 5) is 3.71. The molecule has 0 saturated heterocycles. The normalized spacial score (nSPS) is 31.8. The molecule has 0 spiro atoms. The molecule has 0 aromatic rings. The average Bonchev–Trinajstić information content (AvgIpc) is 1.86. The van der Waals surface area contributed by atoms with Crippen LogP contribution in [-0.2, 0) is 0 Å². The van der Waals surface area contributed by atoms with Gasteiger partial charge in [0.15, 0.2) is 5.62 Å². The summed E-state index contributed by atoms with van der Waals surface area (Å²) in [5, 5.41) is 3.78. The fraction of sp³-hybridized carbons (Fsp3) is 0.667. The van der Waals surface area contributed by atoms with Gasteiger partial charge in [-0.1, -0.05) is 11.6 Å². The maximum atomic E-state index is 5.35. The van der Waals surface area contributed by atoms with Gasteiger partial charge in [-0.15, -0.1) is 0 Å². The van der Waals surface area contributed by atoms with Crippen molar-refractivity contribution in [1.29, 1.82) is 0 Å². The van der Waals surface area contributed by atoms with Gasteiger partial charge in [-0.25, -0.2) is 0 Å². The van der Waals surface area contributed by atoms with E-state index >= 15 is 0 Å². The fourth-order valence-corrected chi connectivity index (χ4v) is 0.475. The Morgan fingerprint density at radius 2 is 2.67 bits per heavy atom. The van der Waals surface area contributed by atoms with Crippen molar-refractivity contribution in [2.45, 2.75) is 5.62 Å². The third-order valence-corrected chi connectivity index (χ3v) is 0.817. The molecule has 0 bridgehead atoms. The zero-order valence-corrected chi connectivity index (χ0v) is 3.89. The molecule has 1 atom stereocenters. The molecular weight excluding hydrogens is 99.5 g/mol. The van der Waals surface area contributed by atoms with Crippen molar-refractivity contribution >= 4 is 17.8 Å². The van der Waals surface area contributed by atoms with Crippen LogP contribution in [-0.4, -0.2) is 18.4 Å². The van der Waals surface area contributed by atoms with Crippen LogP contribution in [0.4, 0.5) is 0 Å². The van der Waals surface area contributed by atoms with Crippen LogP contribution in [0, 0.1) is 0 Å². The largest absolute Gasteiger partial charge is 0.260 e. The lowest BCUT2D eigenvalue weighted by Gasteiger charge is -1.86. The molecule has 3 heteroatoms. The van der Waals surface area contributed by atoms with Crippen molar-refractivity contribution in [2.75, 3.05) is 6.54 Å². The summed E-state index contributed by atoms with van der Waals surface area (Å²) < 4.78 is 0. The maximum absolute atomic E-state index is 5.35. The van der Waals surface area contributed by atoms with Crippen LogP contribution in [0.1, 0.15) is 0 Å². The number of hydrogen-bond acceptors (Lipinski definition) is 1. The molecule has 0 aromatic heterocycles. The average molecular weight is 104 g/mol. The first-order valence-corrected chi connectivity index (χ1v) is 2.15. The van der Waals surface area contributed by atoms with Crippen LogP contribution in [0.15, 0.2) is 4.99 Å². The number of halogens is 1. The van der Waals surface area contributed by atoms with Crippen molar-refractivity contribution in [2.24, 2.45) is 4.99 Å². The molecule has 1 radical (unpaired) electrons. The lowest BCUT2D eigenvalue weighted by molar-refractivity contribution is 0.768. The molecule has 0 aliphatic carbocycles. The van der Waals surface area contributed by atoms with Crippen LogP contribution in [0.25, 0.3) is 0 Å². The van der Waals surface area contributed by atoms with Crippen molar-refractivity contribution in [1.82, 2.24) is 5.32 Å². The van der Waals surface area contributed by atoms with E-state index in [1.54, 1.807) is 6.21 Å². The van der Waals surface area contributed by atoms with Gasteiger partial charge in [0.05, 0.1) is 6.54 Å². The van der Waals surface area contributed by atoms with Crippen LogP contribution in [0.3, 0.4) is 0 Å². The second-order valence-corrected chi connectivity index (χ2v) is 1.40. The minimum Gasteiger partial charge on any atom is -0.260 e. The fourth-order valence-electron chi connectivity index (χ4n) is 0.315. The highest BCUT2D eigenvalue weighted by atomic mass is 35.5.